The van der Waals surface area contributed by atoms with Gasteiger partial charge in [-0.2, -0.15) is 0 Å². The van der Waals surface area contributed by atoms with Gasteiger partial charge in [-0.05, 0) is 51.0 Å². The molecule has 0 radical (unpaired) electrons. The summed E-state index contributed by atoms with van der Waals surface area (Å²) in [6.07, 6.45) is 6.69. The average Bonchev–Trinajstić information content (AvgIpc) is 2.73. The summed E-state index contributed by atoms with van der Waals surface area (Å²) >= 11 is 0. The molecule has 1 aromatic carbocycles. The third-order valence-electron chi connectivity index (χ3n) is 6.08. The molecule has 3 heterocycles. The number of anilines is 1. The second-order valence-corrected chi connectivity index (χ2v) is 8.08. The standard InChI is InChI=1S/C23H30N4O/c1-17-19-11-8-15-26(2)23(19)25-22(24-17)20-12-6-7-16-27(20)21(28)14-13-18-9-4-3-5-10-18/h3-5,9-10,20H,6-8,11-16H2,1-2H3/t20-/m1/s1. The average molecular weight is 379 g/mol. The van der Waals surface area contributed by atoms with E-state index in [0.717, 1.165) is 69.0 Å². The fourth-order valence-electron chi connectivity index (χ4n) is 4.50. The maximum Gasteiger partial charge on any atom is 0.223 e. The zero-order valence-corrected chi connectivity index (χ0v) is 17.0. The minimum atomic E-state index is 0.0105. The molecule has 4 rings (SSSR count). The number of aromatic nitrogens is 2. The molecule has 2 aromatic rings. The van der Waals surface area contributed by atoms with E-state index in [1.54, 1.807) is 0 Å². The van der Waals surface area contributed by atoms with Crippen molar-refractivity contribution in [2.24, 2.45) is 0 Å². The van der Waals surface area contributed by atoms with E-state index in [2.05, 4.69) is 31.0 Å². The van der Waals surface area contributed by atoms with E-state index in [1.165, 1.54) is 11.1 Å². The second kappa shape index (κ2) is 8.29. The topological polar surface area (TPSA) is 49.3 Å². The quantitative estimate of drug-likeness (QED) is 0.811. The SMILES string of the molecule is Cc1nc([C@H]2CCCCN2C(=O)CCc2ccccc2)nc2c1CCCN2C. The van der Waals surface area contributed by atoms with Gasteiger partial charge in [-0.1, -0.05) is 30.3 Å². The van der Waals surface area contributed by atoms with E-state index in [4.69, 9.17) is 9.97 Å². The number of likely N-dealkylation sites (tertiary alicyclic amines) is 1. The number of hydrogen-bond acceptors (Lipinski definition) is 4. The first kappa shape index (κ1) is 18.9. The Kier molecular flexibility index (Phi) is 5.60. The number of aryl methyl sites for hydroxylation is 2. The van der Waals surface area contributed by atoms with Crippen molar-refractivity contribution in [2.45, 2.75) is 57.9 Å². The zero-order valence-electron chi connectivity index (χ0n) is 17.0. The first-order chi connectivity index (χ1) is 13.6. The summed E-state index contributed by atoms with van der Waals surface area (Å²) in [6.45, 7) is 3.94. The van der Waals surface area contributed by atoms with Crippen molar-refractivity contribution < 1.29 is 4.79 Å². The van der Waals surface area contributed by atoms with Gasteiger partial charge in [0, 0.05) is 37.8 Å². The number of benzene rings is 1. The predicted molar refractivity (Wildman–Crippen MR) is 111 cm³/mol. The molecule has 1 atom stereocenters. The van der Waals surface area contributed by atoms with E-state index in [-0.39, 0.29) is 11.9 Å². The van der Waals surface area contributed by atoms with E-state index in [1.807, 2.05) is 23.1 Å². The van der Waals surface area contributed by atoms with Crippen LogP contribution in [0.25, 0.3) is 0 Å². The van der Waals surface area contributed by atoms with E-state index >= 15 is 0 Å². The molecule has 148 valence electrons. The Morgan fingerprint density at radius 3 is 2.75 bits per heavy atom. The van der Waals surface area contributed by atoms with Gasteiger partial charge in [0.2, 0.25) is 5.91 Å². The second-order valence-electron chi connectivity index (χ2n) is 8.08. The van der Waals surface area contributed by atoms with Crippen LogP contribution in [0.15, 0.2) is 30.3 Å². The third kappa shape index (κ3) is 3.89. The number of carbonyl (C=O) groups excluding carboxylic acids is 1. The maximum absolute atomic E-state index is 13.1. The highest BCUT2D eigenvalue weighted by molar-refractivity contribution is 5.77. The molecule has 5 heteroatoms. The van der Waals surface area contributed by atoms with Crippen LogP contribution in [0, 0.1) is 6.92 Å². The molecule has 1 aromatic heterocycles. The van der Waals surface area contributed by atoms with Gasteiger partial charge in [0.1, 0.15) is 5.82 Å². The molecule has 0 unspecified atom stereocenters. The number of rotatable bonds is 4. The van der Waals surface area contributed by atoms with Gasteiger partial charge >= 0.3 is 0 Å². The van der Waals surface area contributed by atoms with Crippen LogP contribution in [-0.4, -0.2) is 40.9 Å². The number of hydrogen-bond donors (Lipinski definition) is 0. The van der Waals surface area contributed by atoms with Crippen molar-refractivity contribution in [3.8, 4) is 0 Å². The molecule has 2 aliphatic heterocycles. The lowest BCUT2D eigenvalue weighted by atomic mass is 9.98. The van der Waals surface area contributed by atoms with Crippen molar-refractivity contribution in [1.29, 1.82) is 0 Å². The molecule has 1 fully saturated rings. The normalized spacial score (nSPS) is 19.4. The highest BCUT2D eigenvalue weighted by Gasteiger charge is 2.31. The molecule has 28 heavy (non-hydrogen) atoms. The number of fused-ring (bicyclic) bond motifs is 1. The van der Waals surface area contributed by atoms with Crippen molar-refractivity contribution >= 4 is 11.7 Å². The summed E-state index contributed by atoms with van der Waals surface area (Å²) in [5.74, 6) is 2.12. The van der Waals surface area contributed by atoms with Crippen molar-refractivity contribution in [3.63, 3.8) is 0 Å². The number of piperidine rings is 1. The van der Waals surface area contributed by atoms with Crippen molar-refractivity contribution in [3.05, 3.63) is 53.0 Å². The number of amides is 1. The molecule has 0 N–H and O–H groups in total. The summed E-state index contributed by atoms with van der Waals surface area (Å²) in [4.78, 5) is 27.1. The molecular weight excluding hydrogens is 348 g/mol. The predicted octanol–water partition coefficient (Wildman–Crippen LogP) is 3.85. The smallest absolute Gasteiger partial charge is 0.223 e. The molecule has 2 aliphatic rings. The molecule has 0 saturated carbocycles. The summed E-state index contributed by atoms with van der Waals surface area (Å²) in [5.41, 5.74) is 3.57. The van der Waals surface area contributed by atoms with Crippen molar-refractivity contribution in [2.75, 3.05) is 25.0 Å². The minimum absolute atomic E-state index is 0.0105. The fourth-order valence-corrected chi connectivity index (χ4v) is 4.50. The Labute approximate surface area is 167 Å². The van der Waals surface area contributed by atoms with Gasteiger partial charge in [-0.15, -0.1) is 0 Å². The minimum Gasteiger partial charge on any atom is -0.359 e. The van der Waals surface area contributed by atoms with Gasteiger partial charge in [-0.25, -0.2) is 9.97 Å². The molecule has 0 bridgehead atoms. The largest absolute Gasteiger partial charge is 0.359 e. The molecular formula is C23H30N4O. The Balaban J connectivity index is 1.54. The Hall–Kier alpha value is -2.43. The molecule has 5 nitrogen and oxygen atoms in total. The Morgan fingerprint density at radius 1 is 1.11 bits per heavy atom. The van der Waals surface area contributed by atoms with E-state index in [9.17, 15) is 4.79 Å². The lowest BCUT2D eigenvalue weighted by Gasteiger charge is -2.36. The van der Waals surface area contributed by atoms with Gasteiger partial charge in [0.05, 0.1) is 6.04 Å². The van der Waals surface area contributed by atoms with Crippen LogP contribution in [0.5, 0.6) is 0 Å². The molecule has 1 saturated heterocycles. The highest BCUT2D eigenvalue weighted by atomic mass is 16.2. The highest BCUT2D eigenvalue weighted by Crippen LogP contribution is 2.33. The van der Waals surface area contributed by atoms with Crippen LogP contribution in [0.1, 0.15) is 60.8 Å². The first-order valence-electron chi connectivity index (χ1n) is 10.6. The summed E-state index contributed by atoms with van der Waals surface area (Å²) in [6, 6.07) is 10.3. The van der Waals surface area contributed by atoms with Crippen LogP contribution in [0.4, 0.5) is 5.82 Å². The fraction of sp³-hybridized carbons (Fsp3) is 0.522. The molecule has 1 amide bonds. The molecule has 0 aliphatic carbocycles. The number of nitrogens with zero attached hydrogens (tertiary/aromatic N) is 4. The summed E-state index contributed by atoms with van der Waals surface area (Å²) < 4.78 is 0. The summed E-state index contributed by atoms with van der Waals surface area (Å²) in [7, 11) is 2.11. The summed E-state index contributed by atoms with van der Waals surface area (Å²) in [5, 5.41) is 0. The van der Waals surface area contributed by atoms with Crippen LogP contribution >= 0.6 is 0 Å². The molecule has 0 spiro atoms. The van der Waals surface area contributed by atoms with Gasteiger partial charge in [0.25, 0.3) is 0 Å². The first-order valence-corrected chi connectivity index (χ1v) is 10.6. The van der Waals surface area contributed by atoms with Crippen LogP contribution in [0.2, 0.25) is 0 Å². The van der Waals surface area contributed by atoms with Gasteiger partial charge in [-0.3, -0.25) is 4.79 Å². The van der Waals surface area contributed by atoms with E-state index in [0.29, 0.717) is 6.42 Å². The Bertz CT molecular complexity index is 836. The van der Waals surface area contributed by atoms with Crippen LogP contribution < -0.4 is 4.90 Å². The van der Waals surface area contributed by atoms with E-state index < -0.39 is 0 Å². The van der Waals surface area contributed by atoms with Crippen LogP contribution in [0.3, 0.4) is 0 Å². The maximum atomic E-state index is 13.1. The van der Waals surface area contributed by atoms with Crippen molar-refractivity contribution in [1.82, 2.24) is 14.9 Å². The van der Waals surface area contributed by atoms with Gasteiger partial charge in [0.15, 0.2) is 5.82 Å². The lowest BCUT2D eigenvalue weighted by Crippen LogP contribution is -2.40. The zero-order chi connectivity index (χ0) is 19.5. The van der Waals surface area contributed by atoms with Crippen LogP contribution in [-0.2, 0) is 17.6 Å². The number of carbonyl (C=O) groups is 1. The monoisotopic (exact) mass is 378 g/mol. The van der Waals surface area contributed by atoms with Gasteiger partial charge < -0.3 is 9.80 Å². The lowest BCUT2D eigenvalue weighted by molar-refractivity contribution is -0.135. The Morgan fingerprint density at radius 2 is 1.93 bits per heavy atom. The third-order valence-corrected chi connectivity index (χ3v) is 6.08.